The van der Waals surface area contributed by atoms with Crippen LogP contribution >= 0.6 is 31.9 Å². The number of nitrogens with zero attached hydrogens (tertiary/aromatic N) is 2. The molecule has 0 N–H and O–H groups in total. The van der Waals surface area contributed by atoms with Gasteiger partial charge >= 0.3 is 5.97 Å². The summed E-state index contributed by atoms with van der Waals surface area (Å²) in [6.07, 6.45) is 0. The van der Waals surface area contributed by atoms with Crippen LogP contribution in [0.25, 0.3) is 0 Å². The number of alkyl halides is 2. The molecule has 0 spiro atoms. The summed E-state index contributed by atoms with van der Waals surface area (Å²) >= 11 is 5.86. The summed E-state index contributed by atoms with van der Waals surface area (Å²) in [5.74, 6) is -0.798. The van der Waals surface area contributed by atoms with E-state index in [1.165, 1.54) is 0 Å². The van der Waals surface area contributed by atoms with Crippen LogP contribution in [0.3, 0.4) is 0 Å². The summed E-state index contributed by atoms with van der Waals surface area (Å²) in [5.41, 5.74) is 0. The normalized spacial score (nSPS) is 15.2. The summed E-state index contributed by atoms with van der Waals surface area (Å²) < 4.78 is 52.0. The van der Waals surface area contributed by atoms with Crippen molar-refractivity contribution in [2.45, 2.75) is 10.9 Å². The molecule has 0 saturated carbocycles. The number of halogens is 6. The van der Waals surface area contributed by atoms with Gasteiger partial charge in [-0.25, -0.2) is 0 Å². The van der Waals surface area contributed by atoms with Gasteiger partial charge in [0, 0.05) is 16.0 Å². The zero-order chi connectivity index (χ0) is 12.7. The first kappa shape index (κ1) is 16.1. The molecule has 0 heterocycles. The molecule has 10 heteroatoms. The first-order chi connectivity index (χ1) is 7.38. The molecule has 0 saturated heterocycles. The van der Waals surface area contributed by atoms with Gasteiger partial charge < -0.3 is 4.74 Å². The molecule has 0 aliphatic rings. The number of carbonyl (C=O) groups is 1. The van der Waals surface area contributed by atoms with Crippen molar-refractivity contribution in [1.29, 1.82) is 0 Å². The molecule has 0 aromatic rings. The fraction of sp³-hybridized carbons (Fsp3) is 0.833. The Morgan fingerprint density at radius 2 is 1.88 bits per heavy atom. The number of esters is 1. The van der Waals surface area contributed by atoms with Crippen molar-refractivity contribution < 1.29 is 27.5 Å². The van der Waals surface area contributed by atoms with E-state index in [0.29, 0.717) is 0 Å². The summed E-state index contributed by atoms with van der Waals surface area (Å²) in [7, 11) is 0. The Bertz CT molecular complexity index is 223. The highest BCUT2D eigenvalue weighted by Gasteiger charge is 2.25. The van der Waals surface area contributed by atoms with E-state index in [1.54, 1.807) is 0 Å². The molecule has 0 aromatic carbocycles. The van der Waals surface area contributed by atoms with E-state index in [0.717, 1.165) is 0 Å². The maximum Gasteiger partial charge on any atom is 0.320 e. The van der Waals surface area contributed by atoms with Crippen LogP contribution in [-0.2, 0) is 9.53 Å². The van der Waals surface area contributed by atoms with Crippen molar-refractivity contribution in [3.8, 4) is 0 Å². The predicted octanol–water partition coefficient (Wildman–Crippen LogP) is 2.20. The van der Waals surface area contributed by atoms with Crippen molar-refractivity contribution in [2.75, 3.05) is 18.5 Å². The van der Waals surface area contributed by atoms with Crippen LogP contribution < -0.4 is 0 Å². The molecular formula is C6H8Br2F4N2O2. The molecular weight excluding hydrogens is 368 g/mol. The SMILES string of the molecule is O=C(OCC(CN(F)F)N(F)F)C(Br)CBr. The number of rotatable bonds is 7. The minimum Gasteiger partial charge on any atom is -0.463 e. The van der Waals surface area contributed by atoms with Gasteiger partial charge in [0.15, 0.2) is 0 Å². The Kier molecular flexibility index (Phi) is 8.24. The monoisotopic (exact) mass is 374 g/mol. The van der Waals surface area contributed by atoms with Crippen LogP contribution in [0.2, 0.25) is 0 Å². The van der Waals surface area contributed by atoms with Crippen molar-refractivity contribution in [1.82, 2.24) is 10.7 Å². The summed E-state index contributed by atoms with van der Waals surface area (Å²) in [6.45, 7) is -2.03. The third-order valence-corrected chi connectivity index (χ3v) is 3.65. The molecule has 4 nitrogen and oxygen atoms in total. The molecule has 0 bridgehead atoms. The zero-order valence-electron chi connectivity index (χ0n) is 7.75. The number of ether oxygens (including phenoxy) is 1. The molecule has 0 aromatic heterocycles. The number of carbonyl (C=O) groups excluding carboxylic acids is 1. The number of hydrogen-bond donors (Lipinski definition) is 0. The minimum atomic E-state index is -1.87. The van der Waals surface area contributed by atoms with Crippen molar-refractivity contribution in [3.63, 3.8) is 0 Å². The lowest BCUT2D eigenvalue weighted by Crippen LogP contribution is -2.36. The second kappa shape index (κ2) is 8.20. The first-order valence-corrected chi connectivity index (χ1v) is 5.98. The fourth-order valence-electron chi connectivity index (χ4n) is 0.662. The van der Waals surface area contributed by atoms with E-state index in [4.69, 9.17) is 0 Å². The Balaban J connectivity index is 4.06. The molecule has 0 radical (unpaired) electrons. The van der Waals surface area contributed by atoms with Crippen molar-refractivity contribution in [2.24, 2.45) is 0 Å². The van der Waals surface area contributed by atoms with Crippen molar-refractivity contribution >= 4 is 37.8 Å². The number of hydrogen-bond acceptors (Lipinski definition) is 4. The topological polar surface area (TPSA) is 32.8 Å². The molecule has 2 unspecified atom stereocenters. The largest absolute Gasteiger partial charge is 0.463 e. The van der Waals surface area contributed by atoms with Gasteiger partial charge in [0.1, 0.15) is 17.5 Å². The third-order valence-electron chi connectivity index (χ3n) is 1.43. The molecule has 0 aliphatic carbocycles. The maximum atomic E-state index is 12.1. The van der Waals surface area contributed by atoms with E-state index in [9.17, 15) is 22.7 Å². The second-order valence-electron chi connectivity index (χ2n) is 2.65. The summed E-state index contributed by atoms with van der Waals surface area (Å²) in [6, 6.07) is -1.87. The standard InChI is InChI=1S/C6H8Br2F4N2O2/c7-1-5(8)6(15)16-3-4(14(11)12)2-13(9)10/h4-5H,1-3H2. The molecule has 96 valence electrons. The van der Waals surface area contributed by atoms with Gasteiger partial charge in [-0.15, -0.1) is 17.9 Å². The van der Waals surface area contributed by atoms with E-state index in [2.05, 4.69) is 36.6 Å². The molecule has 0 fully saturated rings. The molecule has 2 atom stereocenters. The van der Waals surface area contributed by atoms with E-state index in [-0.39, 0.29) is 5.33 Å². The van der Waals surface area contributed by atoms with Crippen LogP contribution in [0.1, 0.15) is 0 Å². The van der Waals surface area contributed by atoms with Crippen LogP contribution in [0.5, 0.6) is 0 Å². The van der Waals surface area contributed by atoms with Crippen LogP contribution in [0, 0.1) is 0 Å². The lowest BCUT2D eigenvalue weighted by molar-refractivity contribution is -0.238. The Morgan fingerprint density at radius 3 is 2.25 bits per heavy atom. The lowest BCUT2D eigenvalue weighted by atomic mass is 10.3. The van der Waals surface area contributed by atoms with Gasteiger partial charge in [-0.1, -0.05) is 31.9 Å². The lowest BCUT2D eigenvalue weighted by Gasteiger charge is -2.17. The Hall–Kier alpha value is 0.0700. The highest BCUT2D eigenvalue weighted by atomic mass is 79.9. The minimum absolute atomic E-state index is 0.226. The predicted molar refractivity (Wildman–Crippen MR) is 54.2 cm³/mol. The molecule has 0 rings (SSSR count). The quantitative estimate of drug-likeness (QED) is 0.295. The zero-order valence-corrected chi connectivity index (χ0v) is 10.9. The molecule has 0 amide bonds. The third kappa shape index (κ3) is 6.61. The van der Waals surface area contributed by atoms with Gasteiger partial charge in [-0.2, -0.15) is 0 Å². The fourth-order valence-corrected chi connectivity index (χ4v) is 1.06. The van der Waals surface area contributed by atoms with Crippen molar-refractivity contribution in [3.05, 3.63) is 0 Å². The van der Waals surface area contributed by atoms with Gasteiger partial charge in [0.05, 0.1) is 6.54 Å². The maximum absolute atomic E-state index is 12.1. The average Bonchev–Trinajstić information content (AvgIpc) is 2.21. The summed E-state index contributed by atoms with van der Waals surface area (Å²) in [5, 5.41) is -2.60. The Morgan fingerprint density at radius 1 is 1.31 bits per heavy atom. The van der Waals surface area contributed by atoms with E-state index >= 15 is 0 Å². The molecule has 0 aliphatic heterocycles. The van der Waals surface area contributed by atoms with Gasteiger partial charge in [0.2, 0.25) is 0 Å². The average molecular weight is 376 g/mol. The summed E-state index contributed by atoms with van der Waals surface area (Å²) in [4.78, 5) is 10.3. The highest BCUT2D eigenvalue weighted by Crippen LogP contribution is 2.09. The van der Waals surface area contributed by atoms with Gasteiger partial charge in [0.25, 0.3) is 0 Å². The highest BCUT2D eigenvalue weighted by molar-refractivity contribution is 9.12. The van der Waals surface area contributed by atoms with E-state index in [1.807, 2.05) is 0 Å². The first-order valence-electron chi connectivity index (χ1n) is 3.95. The smallest absolute Gasteiger partial charge is 0.320 e. The molecule has 16 heavy (non-hydrogen) atoms. The van der Waals surface area contributed by atoms with Gasteiger partial charge in [-0.3, -0.25) is 4.79 Å². The second-order valence-corrected chi connectivity index (χ2v) is 4.40. The Labute approximate surface area is 105 Å². The van der Waals surface area contributed by atoms with Gasteiger partial charge in [-0.05, 0) is 0 Å². The van der Waals surface area contributed by atoms with Crippen LogP contribution in [0.15, 0.2) is 0 Å². The van der Waals surface area contributed by atoms with Crippen LogP contribution in [-0.4, -0.2) is 46.0 Å². The van der Waals surface area contributed by atoms with E-state index < -0.39 is 40.7 Å². The van der Waals surface area contributed by atoms with Crippen LogP contribution in [0.4, 0.5) is 17.9 Å².